The van der Waals surface area contributed by atoms with Gasteiger partial charge in [0.15, 0.2) is 5.58 Å². The fraction of sp³-hybridized carbons (Fsp3) is 0.100. The fourth-order valence-corrected chi connectivity index (χ4v) is 1.43. The average molecular weight is 192 g/mol. The van der Waals surface area contributed by atoms with Gasteiger partial charge < -0.3 is 14.6 Å². The van der Waals surface area contributed by atoms with E-state index in [0.717, 1.165) is 0 Å². The third-order valence-corrected chi connectivity index (χ3v) is 2.00. The zero-order chi connectivity index (χ0) is 10.3. The van der Waals surface area contributed by atoms with E-state index in [0.29, 0.717) is 11.1 Å². The van der Waals surface area contributed by atoms with Crippen molar-refractivity contribution in [3.8, 4) is 5.75 Å². The summed E-state index contributed by atoms with van der Waals surface area (Å²) in [5.41, 5.74) is 0.0330. The van der Waals surface area contributed by atoms with E-state index < -0.39 is 5.97 Å². The van der Waals surface area contributed by atoms with E-state index in [1.165, 1.54) is 6.07 Å². The molecule has 1 heterocycles. The van der Waals surface area contributed by atoms with Gasteiger partial charge in [-0.25, -0.2) is 4.79 Å². The second kappa shape index (κ2) is 2.77. The van der Waals surface area contributed by atoms with Crippen LogP contribution in [-0.4, -0.2) is 16.2 Å². The van der Waals surface area contributed by atoms with Crippen molar-refractivity contribution >= 4 is 16.9 Å². The second-order valence-corrected chi connectivity index (χ2v) is 3.04. The molecule has 0 bridgehead atoms. The van der Waals surface area contributed by atoms with Gasteiger partial charge in [-0.15, -0.1) is 0 Å². The predicted octanol–water partition coefficient (Wildman–Crippen LogP) is 2.15. The van der Waals surface area contributed by atoms with Gasteiger partial charge in [0.2, 0.25) is 0 Å². The number of aryl methyl sites for hydroxylation is 1. The number of benzene rings is 1. The molecular weight excluding hydrogens is 184 g/mol. The Morgan fingerprint density at radius 2 is 2.14 bits per heavy atom. The van der Waals surface area contributed by atoms with E-state index in [9.17, 15) is 9.90 Å². The molecule has 1 aromatic heterocycles. The Bertz CT molecular complexity index is 510. The molecule has 2 aromatic rings. The maximum atomic E-state index is 10.8. The lowest BCUT2D eigenvalue weighted by Gasteiger charge is -1.98. The Labute approximate surface area is 79.4 Å². The highest BCUT2D eigenvalue weighted by molar-refractivity contribution is 6.03. The highest BCUT2D eigenvalue weighted by Gasteiger charge is 2.17. The van der Waals surface area contributed by atoms with Crippen LogP contribution in [0.25, 0.3) is 11.0 Å². The normalized spacial score (nSPS) is 10.6. The summed E-state index contributed by atoms with van der Waals surface area (Å²) < 4.78 is 5.20. The predicted molar refractivity (Wildman–Crippen MR) is 49.6 cm³/mol. The van der Waals surface area contributed by atoms with Gasteiger partial charge in [-0.3, -0.25) is 0 Å². The first kappa shape index (κ1) is 8.62. The van der Waals surface area contributed by atoms with Crippen molar-refractivity contribution in [3.63, 3.8) is 0 Å². The molecule has 0 fully saturated rings. The van der Waals surface area contributed by atoms with E-state index in [1.54, 1.807) is 19.1 Å². The van der Waals surface area contributed by atoms with E-state index in [4.69, 9.17) is 9.52 Å². The zero-order valence-corrected chi connectivity index (χ0v) is 7.44. The van der Waals surface area contributed by atoms with Crippen LogP contribution in [-0.2, 0) is 0 Å². The van der Waals surface area contributed by atoms with Gasteiger partial charge in [-0.05, 0) is 25.1 Å². The molecule has 0 radical (unpaired) electrons. The lowest BCUT2D eigenvalue weighted by atomic mass is 10.1. The number of phenols is 1. The lowest BCUT2D eigenvalue weighted by molar-refractivity contribution is 0.0695. The Morgan fingerprint density at radius 3 is 2.79 bits per heavy atom. The minimum atomic E-state index is -1.19. The number of aromatic hydroxyl groups is 1. The van der Waals surface area contributed by atoms with Crippen molar-refractivity contribution < 1.29 is 19.4 Å². The molecular formula is C10H8O4. The standard InChI is InChI=1S/C10H8O4/c1-5-4-6-2-3-7(11)8(10(12)13)9(6)14-5/h2-4,11H,1H3,(H,12,13). The number of fused-ring (bicyclic) bond motifs is 1. The molecule has 0 aliphatic rings. The first-order valence-corrected chi connectivity index (χ1v) is 4.05. The van der Waals surface area contributed by atoms with Crippen molar-refractivity contribution in [2.75, 3.05) is 0 Å². The highest BCUT2D eigenvalue weighted by Crippen LogP contribution is 2.29. The van der Waals surface area contributed by atoms with Crippen molar-refractivity contribution in [1.82, 2.24) is 0 Å². The number of furan rings is 1. The smallest absolute Gasteiger partial charge is 0.343 e. The molecule has 0 aliphatic heterocycles. The summed E-state index contributed by atoms with van der Waals surface area (Å²) >= 11 is 0. The Hall–Kier alpha value is -1.97. The minimum Gasteiger partial charge on any atom is -0.507 e. The van der Waals surface area contributed by atoms with E-state index in [2.05, 4.69) is 0 Å². The topological polar surface area (TPSA) is 70.7 Å². The molecule has 0 aliphatic carbocycles. The quantitative estimate of drug-likeness (QED) is 0.726. The van der Waals surface area contributed by atoms with Gasteiger partial charge >= 0.3 is 5.97 Å². The molecule has 2 N–H and O–H groups in total. The van der Waals surface area contributed by atoms with Gasteiger partial charge in [-0.1, -0.05) is 0 Å². The van der Waals surface area contributed by atoms with Crippen molar-refractivity contribution in [3.05, 3.63) is 29.5 Å². The molecule has 72 valence electrons. The minimum absolute atomic E-state index is 0.185. The molecule has 1 aromatic carbocycles. The van der Waals surface area contributed by atoms with Gasteiger partial charge in [-0.2, -0.15) is 0 Å². The Morgan fingerprint density at radius 1 is 1.43 bits per heavy atom. The van der Waals surface area contributed by atoms with Crippen LogP contribution in [0.1, 0.15) is 16.1 Å². The first-order valence-electron chi connectivity index (χ1n) is 4.05. The first-order chi connectivity index (χ1) is 6.59. The molecule has 0 spiro atoms. The van der Waals surface area contributed by atoms with Crippen LogP contribution in [0.3, 0.4) is 0 Å². The molecule has 0 amide bonds. The number of hydrogen-bond donors (Lipinski definition) is 2. The van der Waals surface area contributed by atoms with E-state index >= 15 is 0 Å². The average Bonchev–Trinajstić information content (AvgIpc) is 2.43. The molecule has 0 atom stereocenters. The molecule has 4 heteroatoms. The van der Waals surface area contributed by atoms with Crippen LogP contribution in [0.2, 0.25) is 0 Å². The Balaban J connectivity index is 2.88. The second-order valence-electron chi connectivity index (χ2n) is 3.04. The maximum Gasteiger partial charge on any atom is 0.343 e. The SMILES string of the molecule is Cc1cc2ccc(O)c(C(=O)O)c2o1. The number of aromatic carboxylic acids is 1. The number of carboxylic acids is 1. The van der Waals surface area contributed by atoms with Gasteiger partial charge in [0.25, 0.3) is 0 Å². The van der Waals surface area contributed by atoms with Crippen LogP contribution >= 0.6 is 0 Å². The van der Waals surface area contributed by atoms with Crippen molar-refractivity contribution in [1.29, 1.82) is 0 Å². The molecule has 0 saturated heterocycles. The molecule has 0 saturated carbocycles. The summed E-state index contributed by atoms with van der Waals surface area (Å²) in [5, 5.41) is 18.9. The Kier molecular flexibility index (Phi) is 1.70. The van der Waals surface area contributed by atoms with Crippen LogP contribution < -0.4 is 0 Å². The molecule has 2 rings (SSSR count). The number of hydrogen-bond acceptors (Lipinski definition) is 3. The van der Waals surface area contributed by atoms with E-state index in [-0.39, 0.29) is 16.9 Å². The maximum absolute atomic E-state index is 10.8. The number of rotatable bonds is 1. The molecule has 4 nitrogen and oxygen atoms in total. The lowest BCUT2D eigenvalue weighted by Crippen LogP contribution is -1.96. The summed E-state index contributed by atoms with van der Waals surface area (Å²) in [5.74, 6) is -0.852. The number of carbonyl (C=O) groups is 1. The summed E-state index contributed by atoms with van der Waals surface area (Å²) in [6.07, 6.45) is 0. The third kappa shape index (κ3) is 1.12. The zero-order valence-electron chi connectivity index (χ0n) is 7.44. The fourth-order valence-electron chi connectivity index (χ4n) is 1.43. The van der Waals surface area contributed by atoms with Gasteiger partial charge in [0.05, 0.1) is 0 Å². The van der Waals surface area contributed by atoms with Crippen molar-refractivity contribution in [2.45, 2.75) is 6.92 Å². The summed E-state index contributed by atoms with van der Waals surface area (Å²) in [6, 6.07) is 4.69. The van der Waals surface area contributed by atoms with Crippen LogP contribution in [0.5, 0.6) is 5.75 Å². The molecule has 0 unspecified atom stereocenters. The van der Waals surface area contributed by atoms with Crippen LogP contribution in [0, 0.1) is 6.92 Å². The largest absolute Gasteiger partial charge is 0.507 e. The van der Waals surface area contributed by atoms with Crippen molar-refractivity contribution in [2.24, 2.45) is 0 Å². The van der Waals surface area contributed by atoms with Gasteiger partial charge in [0, 0.05) is 5.39 Å². The summed E-state index contributed by atoms with van der Waals surface area (Å²) in [4.78, 5) is 10.8. The van der Waals surface area contributed by atoms with Gasteiger partial charge in [0.1, 0.15) is 17.1 Å². The highest BCUT2D eigenvalue weighted by atomic mass is 16.4. The van der Waals surface area contributed by atoms with Crippen LogP contribution in [0.4, 0.5) is 0 Å². The summed E-state index contributed by atoms with van der Waals surface area (Å²) in [7, 11) is 0. The number of carboxylic acid groups (broad SMARTS) is 1. The third-order valence-electron chi connectivity index (χ3n) is 2.00. The monoisotopic (exact) mass is 192 g/mol. The van der Waals surface area contributed by atoms with E-state index in [1.807, 2.05) is 0 Å². The molecule has 14 heavy (non-hydrogen) atoms. The summed E-state index contributed by atoms with van der Waals surface area (Å²) in [6.45, 7) is 1.72. The van der Waals surface area contributed by atoms with Crippen LogP contribution in [0.15, 0.2) is 22.6 Å².